The van der Waals surface area contributed by atoms with Crippen LogP contribution in [0.2, 0.25) is 0 Å². The summed E-state index contributed by atoms with van der Waals surface area (Å²) < 4.78 is 11.3. The van der Waals surface area contributed by atoms with Gasteiger partial charge in [-0.15, -0.1) is 21.5 Å². The molecule has 0 bridgehead atoms. The predicted molar refractivity (Wildman–Crippen MR) is 92.5 cm³/mol. The van der Waals surface area contributed by atoms with Crippen molar-refractivity contribution in [3.63, 3.8) is 0 Å². The van der Waals surface area contributed by atoms with Crippen molar-refractivity contribution in [2.75, 3.05) is 0 Å². The van der Waals surface area contributed by atoms with E-state index in [-0.39, 0.29) is 12.4 Å². The Morgan fingerprint density at radius 1 is 1.25 bits per heavy atom. The maximum absolute atomic E-state index is 11.2. The number of ketones is 1. The summed E-state index contributed by atoms with van der Waals surface area (Å²) in [6.45, 7) is 5.94. The van der Waals surface area contributed by atoms with Gasteiger partial charge in [0, 0.05) is 10.4 Å². The Bertz CT molecular complexity index is 850. The Kier molecular flexibility index (Phi) is 4.76. The van der Waals surface area contributed by atoms with E-state index in [1.165, 1.54) is 17.4 Å². The number of ether oxygens (including phenoxy) is 1. The summed E-state index contributed by atoms with van der Waals surface area (Å²) in [6, 6.07) is 9.05. The largest absolute Gasteiger partial charge is 0.484 e. The van der Waals surface area contributed by atoms with Crippen LogP contribution in [0.25, 0.3) is 10.8 Å². The Morgan fingerprint density at radius 3 is 2.62 bits per heavy atom. The van der Waals surface area contributed by atoms with E-state index in [2.05, 4.69) is 30.1 Å². The van der Waals surface area contributed by atoms with Crippen molar-refractivity contribution in [2.24, 2.45) is 0 Å². The quantitative estimate of drug-likeness (QED) is 0.619. The Morgan fingerprint density at radius 2 is 2.00 bits per heavy atom. The number of benzene rings is 1. The standard InChI is InChI=1S/C18H18N2O3S/c1-4-15-11(2)9-16(24-15)18-20-19-17(23-18)10-22-14-7-5-13(6-8-14)12(3)21/h5-9H,4,10H2,1-3H3. The minimum atomic E-state index is 0.0285. The molecule has 0 aliphatic carbocycles. The molecule has 3 aromatic rings. The molecule has 0 aliphatic heterocycles. The van der Waals surface area contributed by atoms with Crippen LogP contribution in [-0.2, 0) is 13.0 Å². The summed E-state index contributed by atoms with van der Waals surface area (Å²) in [5.74, 6) is 1.62. The molecule has 24 heavy (non-hydrogen) atoms. The van der Waals surface area contributed by atoms with Gasteiger partial charge in [0.15, 0.2) is 12.4 Å². The fourth-order valence-corrected chi connectivity index (χ4v) is 3.35. The first-order valence-corrected chi connectivity index (χ1v) is 8.54. The van der Waals surface area contributed by atoms with Crippen LogP contribution >= 0.6 is 11.3 Å². The van der Waals surface area contributed by atoms with Gasteiger partial charge in [-0.3, -0.25) is 4.79 Å². The molecule has 0 saturated heterocycles. The van der Waals surface area contributed by atoms with E-state index in [1.54, 1.807) is 35.6 Å². The smallest absolute Gasteiger partial charge is 0.257 e. The van der Waals surface area contributed by atoms with Crippen molar-refractivity contribution in [1.29, 1.82) is 0 Å². The van der Waals surface area contributed by atoms with Crippen LogP contribution in [0.15, 0.2) is 34.7 Å². The molecule has 0 radical (unpaired) electrons. The molecule has 3 rings (SSSR count). The van der Waals surface area contributed by atoms with Gasteiger partial charge in [-0.2, -0.15) is 0 Å². The molecule has 124 valence electrons. The molecule has 0 aliphatic rings. The van der Waals surface area contributed by atoms with E-state index >= 15 is 0 Å². The number of thiophene rings is 1. The number of aryl methyl sites for hydroxylation is 2. The number of carbonyl (C=O) groups is 1. The number of rotatable bonds is 6. The lowest BCUT2D eigenvalue weighted by atomic mass is 10.1. The van der Waals surface area contributed by atoms with Crippen molar-refractivity contribution < 1.29 is 13.9 Å². The molecule has 1 aromatic carbocycles. The van der Waals surface area contributed by atoms with Crippen LogP contribution in [0, 0.1) is 6.92 Å². The fraction of sp³-hybridized carbons (Fsp3) is 0.278. The minimum Gasteiger partial charge on any atom is -0.484 e. The van der Waals surface area contributed by atoms with Crippen molar-refractivity contribution in [2.45, 2.75) is 33.8 Å². The van der Waals surface area contributed by atoms with Gasteiger partial charge >= 0.3 is 0 Å². The maximum Gasteiger partial charge on any atom is 0.257 e. The van der Waals surface area contributed by atoms with Gasteiger partial charge in [0.05, 0.1) is 4.88 Å². The van der Waals surface area contributed by atoms with Crippen molar-refractivity contribution >= 4 is 17.1 Å². The number of aromatic nitrogens is 2. The van der Waals surface area contributed by atoms with Crippen molar-refractivity contribution in [3.05, 3.63) is 52.2 Å². The van der Waals surface area contributed by atoms with Crippen LogP contribution in [-0.4, -0.2) is 16.0 Å². The van der Waals surface area contributed by atoms with E-state index in [0.717, 1.165) is 11.3 Å². The first-order valence-electron chi connectivity index (χ1n) is 7.72. The first-order chi connectivity index (χ1) is 11.6. The topological polar surface area (TPSA) is 65.2 Å². The molecule has 2 aromatic heterocycles. The summed E-state index contributed by atoms with van der Waals surface area (Å²) in [6.07, 6.45) is 0.997. The molecule has 0 saturated carbocycles. The second kappa shape index (κ2) is 6.97. The van der Waals surface area contributed by atoms with Crippen LogP contribution in [0.5, 0.6) is 5.75 Å². The fourth-order valence-electron chi connectivity index (χ4n) is 2.32. The predicted octanol–water partition coefficient (Wildman–Crippen LogP) is 4.45. The van der Waals surface area contributed by atoms with Gasteiger partial charge in [0.25, 0.3) is 11.8 Å². The Hall–Kier alpha value is -2.47. The van der Waals surface area contributed by atoms with Gasteiger partial charge in [0.1, 0.15) is 5.75 Å². The Balaban J connectivity index is 1.66. The van der Waals surface area contributed by atoms with Gasteiger partial charge in [0.2, 0.25) is 0 Å². The van der Waals surface area contributed by atoms with Gasteiger partial charge < -0.3 is 9.15 Å². The number of Topliss-reactive ketones (excluding diaryl/α,β-unsaturated/α-hetero) is 1. The summed E-state index contributed by atoms with van der Waals surface area (Å²) >= 11 is 1.68. The molecule has 0 unspecified atom stereocenters. The minimum absolute atomic E-state index is 0.0285. The van der Waals surface area contributed by atoms with Gasteiger partial charge in [-0.25, -0.2) is 0 Å². The first kappa shape index (κ1) is 16.4. The molecule has 0 fully saturated rings. The number of nitrogens with zero attached hydrogens (tertiary/aromatic N) is 2. The molecule has 0 atom stereocenters. The average molecular weight is 342 g/mol. The van der Waals surface area contributed by atoms with Crippen LogP contribution in [0.3, 0.4) is 0 Å². The highest BCUT2D eigenvalue weighted by molar-refractivity contribution is 7.15. The van der Waals surface area contributed by atoms with Gasteiger partial charge in [-0.05, 0) is 56.2 Å². The zero-order chi connectivity index (χ0) is 17.1. The zero-order valence-corrected chi connectivity index (χ0v) is 14.6. The number of carbonyl (C=O) groups excluding carboxylic acids is 1. The summed E-state index contributed by atoms with van der Waals surface area (Å²) in [5, 5.41) is 8.12. The third kappa shape index (κ3) is 3.54. The SMILES string of the molecule is CCc1sc(-c2nnc(COc3ccc(C(C)=O)cc3)o2)cc1C. The van der Waals surface area contributed by atoms with Crippen LogP contribution < -0.4 is 4.74 Å². The van der Waals surface area contributed by atoms with E-state index < -0.39 is 0 Å². The maximum atomic E-state index is 11.2. The highest BCUT2D eigenvalue weighted by Crippen LogP contribution is 2.30. The third-order valence-electron chi connectivity index (χ3n) is 3.64. The molecule has 2 heterocycles. The normalized spacial score (nSPS) is 10.8. The molecule has 0 amide bonds. The van der Waals surface area contributed by atoms with E-state index in [0.29, 0.717) is 23.1 Å². The highest BCUT2D eigenvalue weighted by atomic mass is 32.1. The summed E-state index contributed by atoms with van der Waals surface area (Å²) in [5.41, 5.74) is 1.90. The number of hydrogen-bond donors (Lipinski definition) is 0. The average Bonchev–Trinajstić information content (AvgIpc) is 3.19. The van der Waals surface area contributed by atoms with Crippen LogP contribution in [0.1, 0.15) is 40.5 Å². The van der Waals surface area contributed by atoms with Gasteiger partial charge in [-0.1, -0.05) is 6.92 Å². The lowest BCUT2D eigenvalue weighted by molar-refractivity contribution is 0.101. The van der Waals surface area contributed by atoms with Crippen molar-refractivity contribution in [3.8, 4) is 16.5 Å². The lowest BCUT2D eigenvalue weighted by Gasteiger charge is -2.03. The molecule has 6 heteroatoms. The molecule has 5 nitrogen and oxygen atoms in total. The third-order valence-corrected chi connectivity index (χ3v) is 5.01. The van der Waals surface area contributed by atoms with E-state index in [9.17, 15) is 4.79 Å². The molecule has 0 N–H and O–H groups in total. The zero-order valence-electron chi connectivity index (χ0n) is 13.8. The molecular weight excluding hydrogens is 324 g/mol. The molecular formula is C18H18N2O3S. The highest BCUT2D eigenvalue weighted by Gasteiger charge is 2.13. The van der Waals surface area contributed by atoms with E-state index in [1.807, 2.05) is 0 Å². The van der Waals surface area contributed by atoms with Crippen molar-refractivity contribution in [1.82, 2.24) is 10.2 Å². The monoisotopic (exact) mass is 342 g/mol. The second-order valence-electron chi connectivity index (χ2n) is 5.44. The lowest BCUT2D eigenvalue weighted by Crippen LogP contribution is -1.97. The number of hydrogen-bond acceptors (Lipinski definition) is 6. The Labute approximate surface area is 144 Å². The second-order valence-corrected chi connectivity index (χ2v) is 6.58. The summed E-state index contributed by atoms with van der Waals surface area (Å²) in [4.78, 5) is 13.6. The van der Waals surface area contributed by atoms with E-state index in [4.69, 9.17) is 9.15 Å². The molecule has 0 spiro atoms. The van der Waals surface area contributed by atoms with Crippen LogP contribution in [0.4, 0.5) is 0 Å². The summed E-state index contributed by atoms with van der Waals surface area (Å²) in [7, 11) is 0.